The molecule has 0 bridgehead atoms. The number of halogens is 1. The third-order valence-electron chi connectivity index (χ3n) is 3.22. The molecule has 1 aromatic rings. The molecule has 0 amide bonds. The topological polar surface area (TPSA) is 59.0 Å². The van der Waals surface area contributed by atoms with Gasteiger partial charge in [-0.2, -0.15) is 5.26 Å². The first-order valence-electron chi connectivity index (χ1n) is 6.95. The van der Waals surface area contributed by atoms with Gasteiger partial charge in [-0.15, -0.1) is 0 Å². The Balaban J connectivity index is 2.46. The average Bonchev–Trinajstić information content (AvgIpc) is 2.38. The molecule has 1 rings (SSSR count). The fourth-order valence-electron chi connectivity index (χ4n) is 1.92. The third-order valence-corrected chi connectivity index (χ3v) is 3.72. The Bertz CT molecular complexity index is 478. The number of nitriles is 1. The minimum Gasteiger partial charge on any atom is -0.493 e. The van der Waals surface area contributed by atoms with Gasteiger partial charge in [-0.05, 0) is 52.2 Å². The molecule has 0 aliphatic rings. The third kappa shape index (κ3) is 5.52. The molecule has 20 heavy (non-hydrogen) atoms. The second-order valence-electron chi connectivity index (χ2n) is 5.77. The molecule has 0 radical (unpaired) electrons. The lowest BCUT2D eigenvalue weighted by Crippen LogP contribution is -2.10. The van der Waals surface area contributed by atoms with Crippen LogP contribution in [0.1, 0.15) is 51.6 Å². The lowest BCUT2D eigenvalue weighted by atomic mass is 9.89. The normalized spacial score (nSPS) is 12.8. The van der Waals surface area contributed by atoms with Crippen LogP contribution in [0.15, 0.2) is 22.7 Å². The molecule has 110 valence electrons. The molecule has 0 aliphatic heterocycles. The molecule has 0 saturated carbocycles. The lowest BCUT2D eigenvalue weighted by molar-refractivity contribution is 0.291. The Labute approximate surface area is 130 Å². The van der Waals surface area contributed by atoms with Gasteiger partial charge >= 0.3 is 0 Å². The van der Waals surface area contributed by atoms with Crippen molar-refractivity contribution in [2.24, 2.45) is 11.1 Å². The van der Waals surface area contributed by atoms with Crippen LogP contribution in [0, 0.1) is 16.7 Å². The van der Waals surface area contributed by atoms with E-state index in [0.717, 1.165) is 35.0 Å². The van der Waals surface area contributed by atoms with Crippen molar-refractivity contribution in [2.75, 3.05) is 6.61 Å². The number of nitrogens with zero attached hydrogens (tertiary/aromatic N) is 1. The largest absolute Gasteiger partial charge is 0.493 e. The van der Waals surface area contributed by atoms with E-state index in [4.69, 9.17) is 15.7 Å². The zero-order valence-electron chi connectivity index (χ0n) is 12.4. The molecule has 1 aromatic carbocycles. The van der Waals surface area contributed by atoms with Crippen LogP contribution in [0.4, 0.5) is 0 Å². The van der Waals surface area contributed by atoms with E-state index in [0.29, 0.717) is 6.61 Å². The van der Waals surface area contributed by atoms with Crippen LogP contribution < -0.4 is 10.5 Å². The molecular formula is C16H23BrN2O. The molecule has 0 saturated heterocycles. The summed E-state index contributed by atoms with van der Waals surface area (Å²) >= 11 is 3.45. The van der Waals surface area contributed by atoms with E-state index >= 15 is 0 Å². The van der Waals surface area contributed by atoms with Crippen molar-refractivity contribution in [2.45, 2.75) is 46.1 Å². The zero-order valence-corrected chi connectivity index (χ0v) is 14.0. The fraction of sp³-hybridized carbons (Fsp3) is 0.562. The van der Waals surface area contributed by atoms with Gasteiger partial charge in [0.15, 0.2) is 0 Å². The summed E-state index contributed by atoms with van der Waals surface area (Å²) in [6.45, 7) is 6.54. The Kier molecular flexibility index (Phi) is 6.51. The van der Waals surface area contributed by atoms with Gasteiger partial charge in [0.2, 0.25) is 0 Å². The predicted molar refractivity (Wildman–Crippen MR) is 85.5 cm³/mol. The summed E-state index contributed by atoms with van der Waals surface area (Å²) < 4.78 is 6.82. The highest BCUT2D eigenvalue weighted by Gasteiger charge is 2.15. The number of ether oxygens (including phenoxy) is 1. The molecule has 0 spiro atoms. The van der Waals surface area contributed by atoms with Crippen molar-refractivity contribution < 1.29 is 4.74 Å². The molecule has 2 N–H and O–H groups in total. The molecule has 4 heteroatoms. The molecule has 3 nitrogen and oxygen atoms in total. The number of benzene rings is 1. The second-order valence-corrected chi connectivity index (χ2v) is 6.69. The van der Waals surface area contributed by atoms with Crippen LogP contribution in [0.3, 0.4) is 0 Å². The zero-order chi connectivity index (χ0) is 15.2. The molecular weight excluding hydrogens is 316 g/mol. The number of nitrogens with two attached hydrogens (primary N) is 1. The maximum Gasteiger partial charge on any atom is 0.125 e. The van der Waals surface area contributed by atoms with E-state index in [1.54, 1.807) is 0 Å². The molecule has 1 unspecified atom stereocenters. The standard InChI is InChI=1S/C16H23BrN2O/c1-12(19)14-7-6-13(17)10-15(14)20-9-5-4-8-16(2,3)11-18/h6-7,10,12H,4-5,8-9,19H2,1-3H3. The Hall–Kier alpha value is -1.05. The first kappa shape index (κ1) is 17.0. The highest BCUT2D eigenvalue weighted by molar-refractivity contribution is 9.10. The first-order valence-corrected chi connectivity index (χ1v) is 7.74. The number of unbranched alkanes of at least 4 members (excludes halogenated alkanes) is 1. The van der Waals surface area contributed by atoms with E-state index in [1.165, 1.54) is 0 Å². The second kappa shape index (κ2) is 7.66. The van der Waals surface area contributed by atoms with Crippen LogP contribution in [-0.2, 0) is 0 Å². The summed E-state index contributed by atoms with van der Waals surface area (Å²) in [5.74, 6) is 0.842. The molecule has 0 heterocycles. The van der Waals surface area contributed by atoms with Crippen molar-refractivity contribution in [1.82, 2.24) is 0 Å². The minimum absolute atomic E-state index is 0.0457. The highest BCUT2D eigenvalue weighted by Crippen LogP contribution is 2.28. The molecule has 0 fully saturated rings. The van der Waals surface area contributed by atoms with Gasteiger partial charge in [-0.25, -0.2) is 0 Å². The molecule has 0 aromatic heterocycles. The van der Waals surface area contributed by atoms with Crippen molar-refractivity contribution >= 4 is 15.9 Å². The SMILES string of the molecule is CC(N)c1ccc(Br)cc1OCCCCC(C)(C)C#N. The van der Waals surface area contributed by atoms with E-state index in [2.05, 4.69) is 22.0 Å². The highest BCUT2D eigenvalue weighted by atomic mass is 79.9. The summed E-state index contributed by atoms with van der Waals surface area (Å²) in [6, 6.07) is 8.19. The summed E-state index contributed by atoms with van der Waals surface area (Å²) in [5, 5.41) is 8.96. The van der Waals surface area contributed by atoms with E-state index in [-0.39, 0.29) is 11.5 Å². The first-order chi connectivity index (χ1) is 9.35. The Morgan fingerprint density at radius 3 is 2.70 bits per heavy atom. The van der Waals surface area contributed by atoms with Crippen molar-refractivity contribution in [1.29, 1.82) is 5.26 Å². The van der Waals surface area contributed by atoms with Crippen molar-refractivity contribution in [3.8, 4) is 11.8 Å². The monoisotopic (exact) mass is 338 g/mol. The van der Waals surface area contributed by atoms with Gasteiger partial charge in [-0.3, -0.25) is 0 Å². The van der Waals surface area contributed by atoms with Gasteiger partial charge in [-0.1, -0.05) is 22.0 Å². The summed E-state index contributed by atoms with van der Waals surface area (Å²) in [5.41, 5.74) is 6.71. The molecule has 0 aliphatic carbocycles. The fourth-order valence-corrected chi connectivity index (χ4v) is 2.26. The van der Waals surface area contributed by atoms with Gasteiger partial charge in [0.25, 0.3) is 0 Å². The predicted octanol–water partition coefficient (Wildman–Crippen LogP) is 4.57. The van der Waals surface area contributed by atoms with Crippen molar-refractivity contribution in [3.63, 3.8) is 0 Å². The van der Waals surface area contributed by atoms with Crippen LogP contribution >= 0.6 is 15.9 Å². The summed E-state index contributed by atoms with van der Waals surface area (Å²) in [7, 11) is 0. The van der Waals surface area contributed by atoms with E-state index in [9.17, 15) is 0 Å². The molecule has 1 atom stereocenters. The Morgan fingerprint density at radius 2 is 2.10 bits per heavy atom. The van der Waals surface area contributed by atoms with Crippen LogP contribution in [-0.4, -0.2) is 6.61 Å². The average molecular weight is 339 g/mol. The smallest absolute Gasteiger partial charge is 0.125 e. The summed E-state index contributed by atoms with van der Waals surface area (Å²) in [4.78, 5) is 0. The number of hydrogen-bond donors (Lipinski definition) is 1. The minimum atomic E-state index is -0.243. The Morgan fingerprint density at radius 1 is 1.40 bits per heavy atom. The summed E-state index contributed by atoms with van der Waals surface area (Å²) in [6.07, 6.45) is 2.82. The van der Waals surface area contributed by atoms with Crippen LogP contribution in [0.25, 0.3) is 0 Å². The van der Waals surface area contributed by atoms with Crippen LogP contribution in [0.5, 0.6) is 5.75 Å². The van der Waals surface area contributed by atoms with Crippen LogP contribution in [0.2, 0.25) is 0 Å². The van der Waals surface area contributed by atoms with Crippen molar-refractivity contribution in [3.05, 3.63) is 28.2 Å². The number of hydrogen-bond acceptors (Lipinski definition) is 3. The van der Waals surface area contributed by atoms with E-state index < -0.39 is 0 Å². The van der Waals surface area contributed by atoms with Gasteiger partial charge in [0.1, 0.15) is 5.75 Å². The lowest BCUT2D eigenvalue weighted by Gasteiger charge is -2.16. The maximum absolute atomic E-state index is 8.96. The van der Waals surface area contributed by atoms with Gasteiger partial charge in [0, 0.05) is 16.1 Å². The van der Waals surface area contributed by atoms with E-state index in [1.807, 2.05) is 39.0 Å². The number of rotatable bonds is 7. The quantitative estimate of drug-likeness (QED) is 0.741. The maximum atomic E-state index is 8.96. The van der Waals surface area contributed by atoms with Gasteiger partial charge in [0.05, 0.1) is 18.1 Å². The van der Waals surface area contributed by atoms with Gasteiger partial charge < -0.3 is 10.5 Å².